The van der Waals surface area contributed by atoms with E-state index < -0.39 is 15.5 Å². The molecule has 0 bridgehead atoms. The number of nitrogens with two attached hydrogens (primary N) is 1. The molecule has 0 atom stereocenters. The first kappa shape index (κ1) is 11.6. The SMILES string of the molecule is N=CN.[Br][PbH]([Br])[Br]. The molecule has 0 spiro atoms. The van der Waals surface area contributed by atoms with Crippen LogP contribution in [0.3, 0.4) is 0 Å². The van der Waals surface area contributed by atoms with Gasteiger partial charge in [0.1, 0.15) is 0 Å². The van der Waals surface area contributed by atoms with Gasteiger partial charge in [-0.3, -0.25) is 5.41 Å². The van der Waals surface area contributed by atoms with E-state index in [1.165, 1.54) is 0 Å². The van der Waals surface area contributed by atoms with E-state index in [1.54, 1.807) is 0 Å². The van der Waals surface area contributed by atoms with E-state index >= 15 is 0 Å². The van der Waals surface area contributed by atoms with Crippen molar-refractivity contribution in [1.29, 1.82) is 5.41 Å². The Morgan fingerprint density at radius 2 is 1.43 bits per heavy atom. The van der Waals surface area contributed by atoms with Gasteiger partial charge in [-0.15, -0.1) is 0 Å². The molecule has 0 rings (SSSR count). The van der Waals surface area contributed by atoms with Gasteiger partial charge in [0.15, 0.2) is 0 Å². The Hall–Kier alpha value is 1.83. The van der Waals surface area contributed by atoms with Crippen molar-refractivity contribution in [3.8, 4) is 0 Å². The number of hydrogen-bond acceptors (Lipinski definition) is 1. The number of hydrogen-bond donors (Lipinski definition) is 2. The predicted octanol–water partition coefficient (Wildman–Crippen LogP) is 1.44. The van der Waals surface area contributed by atoms with Crippen LogP contribution in [0.1, 0.15) is 0 Å². The summed E-state index contributed by atoms with van der Waals surface area (Å²) in [6.45, 7) is 0. The molecule has 0 aromatic carbocycles. The van der Waals surface area contributed by atoms with E-state index in [2.05, 4.69) is 41.7 Å². The average Bonchev–Trinajstić information content (AvgIpc) is 1.33. The second-order valence-corrected chi connectivity index (χ2v) is 58.8. The molecular formula is CH5Br3N2Pb. The predicted molar refractivity (Wildman–Crippen MR) is 46.9 cm³/mol. The monoisotopic (exact) mass is 490 g/mol. The van der Waals surface area contributed by atoms with Crippen LogP contribution in [0.4, 0.5) is 0 Å². The third kappa shape index (κ3) is 79.4. The van der Waals surface area contributed by atoms with Crippen LogP contribution in [0.5, 0.6) is 0 Å². The number of halogens is 3. The Morgan fingerprint density at radius 1 is 1.43 bits per heavy atom. The van der Waals surface area contributed by atoms with E-state index in [0.717, 1.165) is 6.34 Å². The molecule has 2 nitrogen and oxygen atoms in total. The molecule has 3 N–H and O–H groups in total. The topological polar surface area (TPSA) is 49.9 Å². The maximum absolute atomic E-state index is 5.86. The zero-order valence-electron chi connectivity index (χ0n) is 3.37. The fraction of sp³-hybridized carbons (Fsp3) is 0. The van der Waals surface area contributed by atoms with Crippen LogP contribution in [0.15, 0.2) is 0 Å². The van der Waals surface area contributed by atoms with Gasteiger partial charge in [-0.1, -0.05) is 0 Å². The molecule has 0 aromatic heterocycles. The molecule has 0 aliphatic rings. The van der Waals surface area contributed by atoms with Gasteiger partial charge in [0.2, 0.25) is 0 Å². The first-order chi connectivity index (χ1) is 3.15. The fourth-order valence-corrected chi connectivity index (χ4v) is 0. The van der Waals surface area contributed by atoms with Gasteiger partial charge in [-0.05, 0) is 0 Å². The zero-order valence-corrected chi connectivity index (χ0v) is 12.6. The third-order valence-corrected chi connectivity index (χ3v) is 0. The van der Waals surface area contributed by atoms with Gasteiger partial charge < -0.3 is 5.73 Å². The second kappa shape index (κ2) is 10.7. The number of nitrogens with one attached hydrogen (secondary N) is 1. The van der Waals surface area contributed by atoms with E-state index in [9.17, 15) is 0 Å². The Kier molecular flexibility index (Phi) is 17.8. The third-order valence-electron chi connectivity index (χ3n) is 0. The molecule has 6 heteroatoms. The molecule has 0 unspecified atom stereocenters. The van der Waals surface area contributed by atoms with Crippen molar-refractivity contribution in [3.63, 3.8) is 0 Å². The van der Waals surface area contributed by atoms with Crippen molar-refractivity contribution in [1.82, 2.24) is 0 Å². The summed E-state index contributed by atoms with van der Waals surface area (Å²) in [4.78, 5) is 0. The Morgan fingerprint density at radius 3 is 1.43 bits per heavy atom. The molecule has 0 aliphatic carbocycles. The molecule has 44 valence electrons. The van der Waals surface area contributed by atoms with Gasteiger partial charge in [-0.2, -0.15) is 0 Å². The summed E-state index contributed by atoms with van der Waals surface area (Å²) in [5.74, 6) is 0. The molecule has 0 radical (unpaired) electrons. The van der Waals surface area contributed by atoms with Crippen molar-refractivity contribution in [2.75, 3.05) is 0 Å². The van der Waals surface area contributed by atoms with Crippen LogP contribution >= 0.6 is 36.0 Å². The van der Waals surface area contributed by atoms with Crippen molar-refractivity contribution in [3.05, 3.63) is 0 Å². The van der Waals surface area contributed by atoms with Crippen molar-refractivity contribution >= 4 is 57.8 Å². The van der Waals surface area contributed by atoms with Gasteiger partial charge >= 0.3 is 51.4 Å². The minimum absolute atomic E-state index is 0.750. The first-order valence-electron chi connectivity index (χ1n) is 1.28. The van der Waals surface area contributed by atoms with Gasteiger partial charge in [-0.25, -0.2) is 0 Å². The van der Waals surface area contributed by atoms with Crippen LogP contribution in [0.2, 0.25) is 0 Å². The maximum atomic E-state index is 5.86. The summed E-state index contributed by atoms with van der Waals surface area (Å²) in [7, 11) is 0. The molecule has 0 fully saturated rings. The van der Waals surface area contributed by atoms with Gasteiger partial charge in [0.25, 0.3) is 0 Å². The van der Waals surface area contributed by atoms with Crippen molar-refractivity contribution in [2.45, 2.75) is 0 Å². The standard InChI is InChI=1S/CH4N2.3BrH.Pb.H/c2-1-3;;;;;/h1H,(H3,2,3);3*1H;;/q;;;;+3;/p-3. The molecular weight excluding hydrogens is 487 g/mol. The molecule has 0 saturated carbocycles. The Labute approximate surface area is 67.8 Å². The summed E-state index contributed by atoms with van der Waals surface area (Å²) in [6.07, 6.45) is 0.750. The van der Waals surface area contributed by atoms with E-state index in [1.807, 2.05) is 0 Å². The average molecular weight is 492 g/mol. The summed E-state index contributed by atoms with van der Waals surface area (Å²) in [6, 6.07) is 0. The van der Waals surface area contributed by atoms with Gasteiger partial charge in [0.05, 0.1) is 6.34 Å². The van der Waals surface area contributed by atoms with Crippen molar-refractivity contribution in [2.24, 2.45) is 5.73 Å². The summed E-state index contributed by atoms with van der Waals surface area (Å²) < 4.78 is 0. The quantitative estimate of drug-likeness (QED) is 0.301. The van der Waals surface area contributed by atoms with Crippen LogP contribution in [0, 0.1) is 5.41 Å². The van der Waals surface area contributed by atoms with Crippen LogP contribution in [0.25, 0.3) is 0 Å². The van der Waals surface area contributed by atoms with Crippen LogP contribution in [-0.2, 0) is 0 Å². The molecule has 0 aliphatic heterocycles. The van der Waals surface area contributed by atoms with E-state index in [0.29, 0.717) is 0 Å². The summed E-state index contributed by atoms with van der Waals surface area (Å²) in [5, 5.41) is 5.86. The molecule has 0 saturated heterocycles. The second-order valence-electron chi connectivity index (χ2n) is 0.414. The van der Waals surface area contributed by atoms with Gasteiger partial charge in [0, 0.05) is 0 Å². The first-order valence-corrected chi connectivity index (χ1v) is 30.5. The number of rotatable bonds is 0. The normalized spacial score (nSPS) is 6.86. The Balaban J connectivity index is 0. The zero-order chi connectivity index (χ0) is 6.28. The molecule has 7 heavy (non-hydrogen) atoms. The van der Waals surface area contributed by atoms with Crippen molar-refractivity contribution < 1.29 is 0 Å². The fourth-order valence-electron chi connectivity index (χ4n) is 0. The minimum atomic E-state index is -1.28. The van der Waals surface area contributed by atoms with E-state index in [4.69, 9.17) is 5.41 Å². The summed E-state index contributed by atoms with van der Waals surface area (Å²) in [5.41, 5.74) is 4.39. The molecule has 0 heterocycles. The van der Waals surface area contributed by atoms with Crippen LogP contribution in [-0.4, -0.2) is 21.8 Å². The molecule has 0 amide bonds. The Bertz CT molecular complexity index is 37.2. The van der Waals surface area contributed by atoms with E-state index in [-0.39, 0.29) is 0 Å². The molecule has 0 aromatic rings. The summed E-state index contributed by atoms with van der Waals surface area (Å²) >= 11 is 8.69. The van der Waals surface area contributed by atoms with Crippen LogP contribution < -0.4 is 5.73 Å².